The van der Waals surface area contributed by atoms with Gasteiger partial charge in [0.2, 0.25) is 5.91 Å². The number of allylic oxidation sites excluding steroid dienone is 1. The summed E-state index contributed by atoms with van der Waals surface area (Å²) in [6.45, 7) is 9.96. The minimum absolute atomic E-state index is 0.0348. The van der Waals surface area contributed by atoms with Crippen LogP contribution in [0.25, 0.3) is 0 Å². The van der Waals surface area contributed by atoms with Gasteiger partial charge in [-0.25, -0.2) is 4.99 Å². The molecule has 0 aromatic carbocycles. The Morgan fingerprint density at radius 1 is 1.50 bits per heavy atom. The van der Waals surface area contributed by atoms with Crippen LogP contribution in [-0.2, 0) is 4.79 Å². The summed E-state index contributed by atoms with van der Waals surface area (Å²) in [6, 6.07) is 0. The summed E-state index contributed by atoms with van der Waals surface area (Å²) in [7, 11) is 0. The topological polar surface area (TPSA) is 41.5 Å². The lowest BCUT2D eigenvalue weighted by Crippen LogP contribution is -2.63. The molecule has 3 atom stereocenters. The molecule has 1 aliphatic heterocycles. The maximum Gasteiger partial charge on any atom is 0.221 e. The Morgan fingerprint density at radius 2 is 2.25 bits per heavy atom. The third-order valence-electron chi connectivity index (χ3n) is 4.30. The van der Waals surface area contributed by atoms with Gasteiger partial charge in [0.15, 0.2) is 12.3 Å². The van der Waals surface area contributed by atoms with Crippen LogP contribution in [0.1, 0.15) is 53.4 Å². The molecule has 0 radical (unpaired) electrons. The quantitative estimate of drug-likeness (QED) is 0.414. The number of aliphatic imine (C=N–C) groups is 1. The second kappa shape index (κ2) is 8.20. The Hall–Kier alpha value is -1.16. The van der Waals surface area contributed by atoms with Gasteiger partial charge in [0.1, 0.15) is 6.54 Å². The zero-order valence-corrected chi connectivity index (χ0v) is 13.4. The van der Waals surface area contributed by atoms with Crippen LogP contribution in [0.15, 0.2) is 17.1 Å². The van der Waals surface area contributed by atoms with Crippen molar-refractivity contribution >= 4 is 12.1 Å². The van der Waals surface area contributed by atoms with E-state index in [9.17, 15) is 4.79 Å². The zero-order chi connectivity index (χ0) is 15.0. The maximum atomic E-state index is 11.3. The van der Waals surface area contributed by atoms with Crippen LogP contribution in [0.2, 0.25) is 0 Å². The van der Waals surface area contributed by atoms with Crippen LogP contribution in [0, 0.1) is 0 Å². The fraction of sp³-hybridized carbons (Fsp3) is 0.750. The Morgan fingerprint density at radius 3 is 2.85 bits per heavy atom. The van der Waals surface area contributed by atoms with Gasteiger partial charge in [-0.05, 0) is 13.3 Å². The molecule has 0 aliphatic carbocycles. The second-order valence-corrected chi connectivity index (χ2v) is 5.64. The molecule has 1 amide bonds. The standard InChI is InChI=1S/C16H29N3O/c1-5-7-8-9-10-11-16-17-12-13-19(16,6-2)14(3)18-15(4)20/h9-10,12,14,16H,5-8,11,13H2,1-4H3/p+1/b10-9+. The minimum atomic E-state index is 0.0348. The summed E-state index contributed by atoms with van der Waals surface area (Å²) in [5.74, 6) is 0.0348. The predicted octanol–water partition coefficient (Wildman–Crippen LogP) is 2.85. The number of rotatable bonds is 8. The number of nitrogens with one attached hydrogen (secondary N) is 1. The normalized spacial score (nSPS) is 27.1. The lowest BCUT2D eigenvalue weighted by Gasteiger charge is -2.42. The van der Waals surface area contributed by atoms with Crippen molar-refractivity contribution in [3.05, 3.63) is 12.2 Å². The van der Waals surface area contributed by atoms with Crippen molar-refractivity contribution in [1.82, 2.24) is 5.32 Å². The molecule has 0 aromatic heterocycles. The number of carbonyl (C=O) groups excluding carboxylic acids is 1. The molecule has 114 valence electrons. The van der Waals surface area contributed by atoms with Crippen molar-refractivity contribution in [3.8, 4) is 0 Å². The van der Waals surface area contributed by atoms with E-state index in [-0.39, 0.29) is 18.2 Å². The van der Waals surface area contributed by atoms with E-state index in [1.54, 1.807) is 6.92 Å². The van der Waals surface area contributed by atoms with Crippen molar-refractivity contribution in [3.63, 3.8) is 0 Å². The minimum Gasteiger partial charge on any atom is -0.307 e. The van der Waals surface area contributed by atoms with Gasteiger partial charge in [-0.2, -0.15) is 0 Å². The average molecular weight is 280 g/mol. The summed E-state index contributed by atoms with van der Waals surface area (Å²) in [4.78, 5) is 16.0. The zero-order valence-electron chi connectivity index (χ0n) is 13.4. The first-order valence-corrected chi connectivity index (χ1v) is 7.87. The largest absolute Gasteiger partial charge is 0.307 e. The van der Waals surface area contributed by atoms with E-state index in [0.29, 0.717) is 0 Å². The van der Waals surface area contributed by atoms with Crippen LogP contribution in [0.3, 0.4) is 0 Å². The highest BCUT2D eigenvalue weighted by molar-refractivity contribution is 5.73. The van der Waals surface area contributed by atoms with Gasteiger partial charge in [0.25, 0.3) is 0 Å². The Bertz CT molecular complexity index is 365. The van der Waals surface area contributed by atoms with Crippen LogP contribution in [0.5, 0.6) is 0 Å². The molecule has 4 nitrogen and oxygen atoms in total. The smallest absolute Gasteiger partial charge is 0.221 e. The molecule has 0 saturated heterocycles. The summed E-state index contributed by atoms with van der Waals surface area (Å²) in [6.07, 6.45) is 11.5. The lowest BCUT2D eigenvalue weighted by atomic mass is 10.1. The maximum absolute atomic E-state index is 11.3. The van der Waals surface area contributed by atoms with Gasteiger partial charge >= 0.3 is 0 Å². The highest BCUT2D eigenvalue weighted by Gasteiger charge is 2.42. The molecule has 20 heavy (non-hydrogen) atoms. The van der Waals surface area contributed by atoms with E-state index in [4.69, 9.17) is 0 Å². The molecule has 0 spiro atoms. The molecule has 0 saturated carbocycles. The van der Waals surface area contributed by atoms with Crippen molar-refractivity contribution in [2.75, 3.05) is 13.1 Å². The Balaban J connectivity index is 2.65. The van der Waals surface area contributed by atoms with Crippen molar-refractivity contribution < 1.29 is 9.28 Å². The number of nitrogens with zero attached hydrogens (tertiary/aromatic N) is 2. The van der Waals surface area contributed by atoms with E-state index in [1.165, 1.54) is 12.8 Å². The van der Waals surface area contributed by atoms with Gasteiger partial charge in [0, 0.05) is 20.3 Å². The van der Waals surface area contributed by atoms with Crippen molar-refractivity contribution in [1.29, 1.82) is 0 Å². The highest BCUT2D eigenvalue weighted by Crippen LogP contribution is 2.25. The van der Waals surface area contributed by atoms with E-state index in [1.807, 2.05) is 6.21 Å². The number of quaternary nitrogens is 1. The fourth-order valence-corrected chi connectivity index (χ4v) is 2.96. The SMILES string of the molecule is CCCC/C=C/CC1N=CC[N+]1(CC)C(C)NC(C)=O. The van der Waals surface area contributed by atoms with Gasteiger partial charge < -0.3 is 5.32 Å². The highest BCUT2D eigenvalue weighted by atomic mass is 16.1. The molecule has 4 heteroatoms. The summed E-state index contributed by atoms with van der Waals surface area (Å²) >= 11 is 0. The van der Waals surface area contributed by atoms with Crippen LogP contribution in [-0.4, -0.2) is 42.0 Å². The van der Waals surface area contributed by atoms with Gasteiger partial charge in [-0.15, -0.1) is 0 Å². The average Bonchev–Trinajstić information content (AvgIpc) is 2.82. The third kappa shape index (κ3) is 4.17. The molecule has 0 fully saturated rings. The molecule has 0 bridgehead atoms. The number of hydrogen-bond donors (Lipinski definition) is 1. The molecule has 1 aliphatic rings. The molecule has 3 unspecified atom stereocenters. The number of amides is 1. The predicted molar refractivity (Wildman–Crippen MR) is 84.5 cm³/mol. The molecule has 0 aromatic rings. The van der Waals surface area contributed by atoms with Crippen LogP contribution in [0.4, 0.5) is 0 Å². The van der Waals surface area contributed by atoms with Crippen LogP contribution < -0.4 is 5.32 Å². The number of hydrogen-bond acceptors (Lipinski definition) is 2. The summed E-state index contributed by atoms with van der Waals surface area (Å²) in [5.41, 5.74) is 0. The first kappa shape index (κ1) is 16.9. The van der Waals surface area contributed by atoms with Crippen molar-refractivity contribution in [2.45, 2.75) is 65.7 Å². The van der Waals surface area contributed by atoms with Crippen molar-refractivity contribution in [2.24, 2.45) is 4.99 Å². The van der Waals surface area contributed by atoms with E-state index >= 15 is 0 Å². The number of unbranched alkanes of at least 4 members (excludes halogenated alkanes) is 2. The van der Waals surface area contributed by atoms with E-state index in [0.717, 1.165) is 30.4 Å². The summed E-state index contributed by atoms with van der Waals surface area (Å²) in [5, 5.41) is 3.05. The molecular formula is C16H30N3O+. The Kier molecular flexibility index (Phi) is 6.93. The lowest BCUT2D eigenvalue weighted by molar-refractivity contribution is -0.958. The monoisotopic (exact) mass is 280 g/mol. The van der Waals surface area contributed by atoms with E-state index < -0.39 is 0 Å². The Labute approximate surface area is 123 Å². The second-order valence-electron chi connectivity index (χ2n) is 5.64. The summed E-state index contributed by atoms with van der Waals surface area (Å²) < 4.78 is 0.831. The van der Waals surface area contributed by atoms with Gasteiger partial charge in [0.05, 0.1) is 12.8 Å². The number of carbonyl (C=O) groups is 1. The first-order valence-electron chi connectivity index (χ1n) is 7.87. The van der Waals surface area contributed by atoms with Crippen LogP contribution >= 0.6 is 0 Å². The van der Waals surface area contributed by atoms with Gasteiger partial charge in [-0.3, -0.25) is 9.28 Å². The van der Waals surface area contributed by atoms with Gasteiger partial charge in [-0.1, -0.05) is 31.9 Å². The molecule has 1 N–H and O–H groups in total. The molecular weight excluding hydrogens is 250 g/mol. The molecule has 1 rings (SSSR count). The molecule has 1 heterocycles. The van der Waals surface area contributed by atoms with E-state index in [2.05, 4.69) is 43.2 Å². The third-order valence-corrected chi connectivity index (χ3v) is 4.30. The first-order chi connectivity index (χ1) is 9.56. The fourth-order valence-electron chi connectivity index (χ4n) is 2.96.